The molecule has 5 nitrogen and oxygen atoms in total. The number of hydrogen-bond acceptors (Lipinski definition) is 4. The minimum atomic E-state index is -3.23. The maximum Gasteiger partial charge on any atom is 0.255 e. The van der Waals surface area contributed by atoms with Gasteiger partial charge in [-0.05, 0) is 48.5 Å². The maximum atomic E-state index is 11.9. The monoisotopic (exact) mass is 290 g/mol. The summed E-state index contributed by atoms with van der Waals surface area (Å²) in [5.41, 5.74) is 7.14. The van der Waals surface area contributed by atoms with Gasteiger partial charge in [0.25, 0.3) is 5.91 Å². The molecule has 104 valence electrons. The number of rotatable bonds is 3. The highest BCUT2D eigenvalue weighted by molar-refractivity contribution is 7.90. The van der Waals surface area contributed by atoms with E-state index in [1.807, 2.05) is 0 Å². The number of nitrogen functional groups attached to an aromatic ring is 1. The summed E-state index contributed by atoms with van der Waals surface area (Å²) in [7, 11) is -3.23. The molecule has 0 aliphatic heterocycles. The number of hydrogen-bond donors (Lipinski definition) is 2. The van der Waals surface area contributed by atoms with Gasteiger partial charge >= 0.3 is 0 Å². The molecule has 2 rings (SSSR count). The van der Waals surface area contributed by atoms with Crippen LogP contribution in [0.15, 0.2) is 53.4 Å². The van der Waals surface area contributed by atoms with Crippen molar-refractivity contribution in [3.8, 4) is 0 Å². The van der Waals surface area contributed by atoms with Crippen molar-refractivity contribution in [2.45, 2.75) is 4.90 Å². The summed E-state index contributed by atoms with van der Waals surface area (Å²) in [5.74, 6) is -0.280. The van der Waals surface area contributed by atoms with E-state index in [1.165, 1.54) is 12.1 Å². The Morgan fingerprint density at radius 1 is 1.00 bits per heavy atom. The zero-order valence-electron chi connectivity index (χ0n) is 10.8. The van der Waals surface area contributed by atoms with Gasteiger partial charge < -0.3 is 11.1 Å². The SMILES string of the molecule is CS(=O)(=O)c1ccc(NC(=O)c2ccc(N)cc2)cc1. The quantitative estimate of drug-likeness (QED) is 0.845. The Kier molecular flexibility index (Phi) is 3.76. The summed E-state index contributed by atoms with van der Waals surface area (Å²) < 4.78 is 22.6. The third kappa shape index (κ3) is 3.36. The molecule has 6 heteroatoms. The van der Waals surface area contributed by atoms with E-state index in [1.54, 1.807) is 36.4 Å². The van der Waals surface area contributed by atoms with Crippen molar-refractivity contribution >= 4 is 27.1 Å². The number of carbonyl (C=O) groups excluding carboxylic acids is 1. The molecule has 0 saturated carbocycles. The first-order valence-corrected chi connectivity index (χ1v) is 7.72. The van der Waals surface area contributed by atoms with Gasteiger partial charge in [-0.1, -0.05) is 0 Å². The van der Waals surface area contributed by atoms with E-state index in [9.17, 15) is 13.2 Å². The Labute approximate surface area is 117 Å². The van der Waals surface area contributed by atoms with Gasteiger partial charge in [0, 0.05) is 23.2 Å². The molecule has 0 saturated heterocycles. The first-order chi connectivity index (χ1) is 9.36. The van der Waals surface area contributed by atoms with Crippen molar-refractivity contribution in [2.24, 2.45) is 0 Å². The van der Waals surface area contributed by atoms with Crippen LogP contribution in [0.3, 0.4) is 0 Å². The maximum absolute atomic E-state index is 11.9. The number of carbonyl (C=O) groups is 1. The molecule has 0 bridgehead atoms. The van der Waals surface area contributed by atoms with Gasteiger partial charge in [0.05, 0.1) is 4.90 Å². The first-order valence-electron chi connectivity index (χ1n) is 5.83. The molecule has 0 radical (unpaired) electrons. The number of benzene rings is 2. The molecule has 0 aromatic heterocycles. The third-order valence-electron chi connectivity index (χ3n) is 2.71. The number of sulfone groups is 1. The molecule has 0 aliphatic rings. The summed E-state index contributed by atoms with van der Waals surface area (Å²) in [6.45, 7) is 0. The van der Waals surface area contributed by atoms with E-state index in [0.717, 1.165) is 6.26 Å². The van der Waals surface area contributed by atoms with Crippen LogP contribution in [0.5, 0.6) is 0 Å². The van der Waals surface area contributed by atoms with Gasteiger partial charge in [-0.25, -0.2) is 8.42 Å². The fourth-order valence-electron chi connectivity index (χ4n) is 1.62. The van der Waals surface area contributed by atoms with Crippen LogP contribution in [0, 0.1) is 0 Å². The summed E-state index contributed by atoms with van der Waals surface area (Å²) in [5, 5.41) is 2.68. The highest BCUT2D eigenvalue weighted by atomic mass is 32.2. The summed E-state index contributed by atoms with van der Waals surface area (Å²) >= 11 is 0. The van der Waals surface area contributed by atoms with Crippen LogP contribution in [0.25, 0.3) is 0 Å². The first kappa shape index (κ1) is 14.1. The molecule has 0 aliphatic carbocycles. The van der Waals surface area contributed by atoms with Crippen molar-refractivity contribution in [3.63, 3.8) is 0 Å². The largest absolute Gasteiger partial charge is 0.399 e. The van der Waals surface area contributed by atoms with Crippen molar-refractivity contribution < 1.29 is 13.2 Å². The van der Waals surface area contributed by atoms with E-state index in [-0.39, 0.29) is 10.8 Å². The van der Waals surface area contributed by atoms with E-state index >= 15 is 0 Å². The topological polar surface area (TPSA) is 89.3 Å². The van der Waals surface area contributed by atoms with Gasteiger partial charge in [-0.3, -0.25) is 4.79 Å². The van der Waals surface area contributed by atoms with Crippen molar-refractivity contribution in [3.05, 3.63) is 54.1 Å². The number of amides is 1. The van der Waals surface area contributed by atoms with E-state index < -0.39 is 9.84 Å². The zero-order chi connectivity index (χ0) is 14.8. The van der Waals surface area contributed by atoms with E-state index in [4.69, 9.17) is 5.73 Å². The lowest BCUT2D eigenvalue weighted by Crippen LogP contribution is -2.11. The molecule has 0 heterocycles. The summed E-state index contributed by atoms with van der Waals surface area (Å²) in [6.07, 6.45) is 1.13. The van der Waals surface area contributed by atoms with Gasteiger partial charge in [0.15, 0.2) is 9.84 Å². The van der Waals surface area contributed by atoms with Crippen molar-refractivity contribution in [1.82, 2.24) is 0 Å². The molecule has 0 fully saturated rings. The second-order valence-electron chi connectivity index (χ2n) is 4.37. The van der Waals surface area contributed by atoms with E-state index in [0.29, 0.717) is 16.9 Å². The van der Waals surface area contributed by atoms with Crippen LogP contribution in [0.1, 0.15) is 10.4 Å². The fourth-order valence-corrected chi connectivity index (χ4v) is 2.25. The Morgan fingerprint density at radius 2 is 1.55 bits per heavy atom. The highest BCUT2D eigenvalue weighted by Gasteiger charge is 2.08. The Hall–Kier alpha value is -2.34. The van der Waals surface area contributed by atoms with Crippen LogP contribution in [-0.4, -0.2) is 20.6 Å². The fraction of sp³-hybridized carbons (Fsp3) is 0.0714. The van der Waals surface area contributed by atoms with Gasteiger partial charge in [0.1, 0.15) is 0 Å². The molecule has 0 atom stereocenters. The average Bonchev–Trinajstić information content (AvgIpc) is 2.39. The number of anilines is 2. The third-order valence-corrected chi connectivity index (χ3v) is 3.84. The zero-order valence-corrected chi connectivity index (χ0v) is 11.6. The molecule has 1 amide bonds. The molecule has 3 N–H and O–H groups in total. The molecule has 0 spiro atoms. The minimum Gasteiger partial charge on any atom is -0.399 e. The van der Waals surface area contributed by atoms with E-state index in [2.05, 4.69) is 5.32 Å². The predicted octanol–water partition coefficient (Wildman–Crippen LogP) is 1.92. The second-order valence-corrected chi connectivity index (χ2v) is 6.39. The smallest absolute Gasteiger partial charge is 0.255 e. The number of nitrogens with one attached hydrogen (secondary N) is 1. The van der Waals surface area contributed by atoms with Crippen LogP contribution in [0.4, 0.5) is 11.4 Å². The Morgan fingerprint density at radius 3 is 2.05 bits per heavy atom. The lowest BCUT2D eigenvalue weighted by molar-refractivity contribution is 0.102. The van der Waals surface area contributed by atoms with Crippen LogP contribution >= 0.6 is 0 Å². The molecule has 2 aromatic rings. The Bertz CT molecular complexity index is 720. The summed E-state index contributed by atoms with van der Waals surface area (Å²) in [4.78, 5) is 12.1. The molecule has 2 aromatic carbocycles. The van der Waals surface area contributed by atoms with Gasteiger partial charge in [-0.2, -0.15) is 0 Å². The number of nitrogens with two attached hydrogens (primary N) is 1. The Balaban J connectivity index is 2.14. The second kappa shape index (κ2) is 5.34. The predicted molar refractivity (Wildman–Crippen MR) is 78.4 cm³/mol. The highest BCUT2D eigenvalue weighted by Crippen LogP contribution is 2.15. The van der Waals surface area contributed by atoms with Crippen LogP contribution < -0.4 is 11.1 Å². The van der Waals surface area contributed by atoms with Gasteiger partial charge in [0.2, 0.25) is 0 Å². The standard InChI is InChI=1S/C14H14N2O3S/c1-20(18,19)13-8-6-12(7-9-13)16-14(17)10-2-4-11(15)5-3-10/h2-9H,15H2,1H3,(H,16,17). The van der Waals surface area contributed by atoms with Crippen LogP contribution in [-0.2, 0) is 9.84 Å². The normalized spacial score (nSPS) is 11.1. The van der Waals surface area contributed by atoms with Crippen LogP contribution in [0.2, 0.25) is 0 Å². The van der Waals surface area contributed by atoms with Gasteiger partial charge in [-0.15, -0.1) is 0 Å². The molecule has 0 unspecified atom stereocenters. The molecular formula is C14H14N2O3S. The lowest BCUT2D eigenvalue weighted by Gasteiger charge is -2.06. The van der Waals surface area contributed by atoms with Crippen molar-refractivity contribution in [2.75, 3.05) is 17.3 Å². The minimum absolute atomic E-state index is 0.211. The average molecular weight is 290 g/mol. The van der Waals surface area contributed by atoms with Crippen molar-refractivity contribution in [1.29, 1.82) is 0 Å². The molecule has 20 heavy (non-hydrogen) atoms. The molecular weight excluding hydrogens is 276 g/mol. The summed E-state index contributed by atoms with van der Waals surface area (Å²) in [6, 6.07) is 12.5. The lowest BCUT2D eigenvalue weighted by atomic mass is 10.2.